The van der Waals surface area contributed by atoms with Gasteiger partial charge in [-0.1, -0.05) is 70.9 Å². The van der Waals surface area contributed by atoms with Gasteiger partial charge >= 0.3 is 0 Å². The topological polar surface area (TPSA) is 72.7 Å². The van der Waals surface area contributed by atoms with Crippen LogP contribution in [0.5, 0.6) is 0 Å². The third-order valence-electron chi connectivity index (χ3n) is 4.65. The molecule has 2 aromatic carbocycles. The smallest absolute Gasteiger partial charge is 0.230 e. The van der Waals surface area contributed by atoms with Crippen LogP contribution in [0.4, 0.5) is 0 Å². The zero-order valence-corrected chi connectivity index (χ0v) is 19.5. The summed E-state index contributed by atoms with van der Waals surface area (Å²) in [4.78, 5) is 16.5. The van der Waals surface area contributed by atoms with E-state index in [0.717, 1.165) is 22.4 Å². The van der Waals surface area contributed by atoms with Crippen molar-refractivity contribution in [2.45, 2.75) is 18.6 Å². The average Bonchev–Trinajstić information content (AvgIpc) is 3.23. The molecule has 32 heavy (non-hydrogen) atoms. The predicted molar refractivity (Wildman–Crippen MR) is 128 cm³/mol. The number of hydrogen-bond donors (Lipinski definition) is 1. The van der Waals surface area contributed by atoms with Crippen molar-refractivity contribution < 1.29 is 4.79 Å². The first-order valence-corrected chi connectivity index (χ1v) is 11.5. The molecule has 2 heterocycles. The minimum Gasteiger partial charge on any atom is -0.351 e. The number of aromatic nitrogens is 4. The number of aryl methyl sites for hydroxylation is 1. The van der Waals surface area contributed by atoms with Crippen molar-refractivity contribution in [1.29, 1.82) is 0 Å². The highest BCUT2D eigenvalue weighted by atomic mass is 35.5. The fourth-order valence-corrected chi connectivity index (χ4v) is 4.07. The lowest BCUT2D eigenvalue weighted by Gasteiger charge is -2.11. The number of benzene rings is 2. The Morgan fingerprint density at radius 3 is 2.59 bits per heavy atom. The highest BCUT2D eigenvalue weighted by Crippen LogP contribution is 2.31. The van der Waals surface area contributed by atoms with Gasteiger partial charge in [0.2, 0.25) is 5.91 Å². The molecule has 4 aromatic rings. The van der Waals surface area contributed by atoms with Gasteiger partial charge in [0, 0.05) is 24.5 Å². The fourth-order valence-electron chi connectivity index (χ4n) is 2.99. The molecular formula is C23H19Cl2N5OS. The molecule has 1 amide bonds. The van der Waals surface area contributed by atoms with Crippen LogP contribution in [0.3, 0.4) is 0 Å². The minimum absolute atomic E-state index is 0.112. The average molecular weight is 484 g/mol. The summed E-state index contributed by atoms with van der Waals surface area (Å²) in [6.45, 7) is 2.44. The van der Waals surface area contributed by atoms with Crippen LogP contribution in [-0.2, 0) is 11.3 Å². The fraction of sp³-hybridized carbons (Fsp3) is 0.130. The Kier molecular flexibility index (Phi) is 7.09. The standard InChI is InChI=1S/C23H19Cl2N5OS/c1-15-4-6-17(7-5-15)22-28-29-23(30(22)18-8-9-19(24)20(25)11-18)32-14-21(31)27-13-16-3-2-10-26-12-16/h2-12H,13-14H2,1H3,(H,27,31). The third-order valence-corrected chi connectivity index (χ3v) is 6.32. The van der Waals surface area contributed by atoms with Crippen molar-refractivity contribution in [3.05, 3.63) is 88.2 Å². The van der Waals surface area contributed by atoms with Crippen LogP contribution >= 0.6 is 35.0 Å². The van der Waals surface area contributed by atoms with Crippen LogP contribution in [0.15, 0.2) is 72.1 Å². The Hall–Kier alpha value is -2.87. The van der Waals surface area contributed by atoms with Crippen molar-refractivity contribution in [1.82, 2.24) is 25.1 Å². The van der Waals surface area contributed by atoms with Gasteiger partial charge in [-0.2, -0.15) is 0 Å². The van der Waals surface area contributed by atoms with Gasteiger partial charge in [0.1, 0.15) is 0 Å². The molecule has 1 N–H and O–H groups in total. The van der Waals surface area contributed by atoms with E-state index in [1.165, 1.54) is 11.8 Å². The molecule has 6 nitrogen and oxygen atoms in total. The van der Waals surface area contributed by atoms with E-state index in [4.69, 9.17) is 23.2 Å². The molecule has 0 bridgehead atoms. The molecule has 0 atom stereocenters. The predicted octanol–water partition coefficient (Wildman–Crippen LogP) is 5.35. The van der Waals surface area contributed by atoms with Gasteiger partial charge in [0.05, 0.1) is 21.5 Å². The lowest BCUT2D eigenvalue weighted by molar-refractivity contribution is -0.118. The Labute approximate surface area is 200 Å². The van der Waals surface area contributed by atoms with Gasteiger partial charge < -0.3 is 5.32 Å². The Bertz CT molecular complexity index is 1230. The maximum atomic E-state index is 12.4. The van der Waals surface area contributed by atoms with Crippen LogP contribution in [0.2, 0.25) is 10.0 Å². The second kappa shape index (κ2) is 10.2. The van der Waals surface area contributed by atoms with Gasteiger partial charge in [0.15, 0.2) is 11.0 Å². The summed E-state index contributed by atoms with van der Waals surface area (Å²) in [5.74, 6) is 0.731. The number of carbonyl (C=O) groups is 1. The molecule has 0 aliphatic carbocycles. The molecule has 0 radical (unpaired) electrons. The molecule has 0 aliphatic heterocycles. The Balaban J connectivity index is 1.58. The summed E-state index contributed by atoms with van der Waals surface area (Å²) in [6.07, 6.45) is 3.42. The SMILES string of the molecule is Cc1ccc(-c2nnc(SCC(=O)NCc3cccnc3)n2-c2ccc(Cl)c(Cl)c2)cc1. The summed E-state index contributed by atoms with van der Waals surface area (Å²) in [5.41, 5.74) is 3.75. The maximum Gasteiger partial charge on any atom is 0.230 e. The molecular weight excluding hydrogens is 465 g/mol. The van der Waals surface area contributed by atoms with Crippen molar-refractivity contribution in [3.63, 3.8) is 0 Å². The zero-order chi connectivity index (χ0) is 22.5. The Morgan fingerprint density at radius 2 is 1.88 bits per heavy atom. The van der Waals surface area contributed by atoms with Crippen molar-refractivity contribution in [2.75, 3.05) is 5.75 Å². The molecule has 0 spiro atoms. The largest absolute Gasteiger partial charge is 0.351 e. The van der Waals surface area contributed by atoms with Crippen molar-refractivity contribution in [3.8, 4) is 17.1 Å². The number of amides is 1. The summed E-state index contributed by atoms with van der Waals surface area (Å²) in [7, 11) is 0. The summed E-state index contributed by atoms with van der Waals surface area (Å²) in [6, 6.07) is 17.1. The number of halogens is 2. The number of nitrogens with zero attached hydrogens (tertiary/aromatic N) is 4. The number of nitrogens with one attached hydrogen (secondary N) is 1. The second-order valence-corrected chi connectivity index (χ2v) is 8.79. The highest BCUT2D eigenvalue weighted by Gasteiger charge is 2.18. The van der Waals surface area contributed by atoms with E-state index < -0.39 is 0 Å². The third kappa shape index (κ3) is 5.30. The minimum atomic E-state index is -0.112. The normalized spacial score (nSPS) is 10.8. The number of carbonyl (C=O) groups excluding carboxylic acids is 1. The van der Waals surface area contributed by atoms with Gasteiger partial charge in [0.25, 0.3) is 0 Å². The van der Waals surface area contributed by atoms with Crippen LogP contribution in [0, 0.1) is 6.92 Å². The first kappa shape index (κ1) is 22.3. The molecule has 0 aliphatic rings. The van der Waals surface area contributed by atoms with Crippen LogP contribution in [0.25, 0.3) is 17.1 Å². The summed E-state index contributed by atoms with van der Waals surface area (Å²) in [5, 5.41) is 13.1. The quantitative estimate of drug-likeness (QED) is 0.358. The van der Waals surface area contributed by atoms with E-state index in [9.17, 15) is 4.79 Å². The van der Waals surface area contributed by atoms with Crippen LogP contribution in [0.1, 0.15) is 11.1 Å². The van der Waals surface area contributed by atoms with E-state index in [0.29, 0.717) is 27.6 Å². The van der Waals surface area contributed by atoms with E-state index in [1.807, 2.05) is 54.0 Å². The molecule has 0 saturated carbocycles. The highest BCUT2D eigenvalue weighted by molar-refractivity contribution is 7.99. The zero-order valence-electron chi connectivity index (χ0n) is 17.1. The van der Waals surface area contributed by atoms with Gasteiger partial charge in [-0.15, -0.1) is 10.2 Å². The molecule has 0 saturated heterocycles. The molecule has 4 rings (SSSR count). The van der Waals surface area contributed by atoms with Crippen LogP contribution in [-0.4, -0.2) is 31.4 Å². The van der Waals surface area contributed by atoms with E-state index in [-0.39, 0.29) is 11.7 Å². The summed E-state index contributed by atoms with van der Waals surface area (Å²) < 4.78 is 1.88. The monoisotopic (exact) mass is 483 g/mol. The molecule has 9 heteroatoms. The molecule has 162 valence electrons. The Morgan fingerprint density at radius 1 is 1.06 bits per heavy atom. The number of pyridine rings is 1. The van der Waals surface area contributed by atoms with Gasteiger partial charge in [-0.25, -0.2) is 0 Å². The van der Waals surface area contributed by atoms with Crippen molar-refractivity contribution in [2.24, 2.45) is 0 Å². The molecule has 0 fully saturated rings. The lowest BCUT2D eigenvalue weighted by Crippen LogP contribution is -2.24. The first-order valence-electron chi connectivity index (χ1n) is 9.77. The van der Waals surface area contributed by atoms with Crippen molar-refractivity contribution >= 4 is 40.9 Å². The number of rotatable bonds is 7. The molecule has 2 aromatic heterocycles. The van der Waals surface area contributed by atoms with Gasteiger partial charge in [-0.05, 0) is 36.8 Å². The first-order chi connectivity index (χ1) is 15.5. The molecule has 0 unspecified atom stereocenters. The van der Waals surface area contributed by atoms with E-state index in [1.54, 1.807) is 24.5 Å². The van der Waals surface area contributed by atoms with E-state index >= 15 is 0 Å². The number of hydrogen-bond acceptors (Lipinski definition) is 5. The number of thioether (sulfide) groups is 1. The lowest BCUT2D eigenvalue weighted by atomic mass is 10.1. The van der Waals surface area contributed by atoms with E-state index in [2.05, 4.69) is 20.5 Å². The van der Waals surface area contributed by atoms with Crippen LogP contribution < -0.4 is 5.32 Å². The summed E-state index contributed by atoms with van der Waals surface area (Å²) >= 11 is 13.7. The maximum absolute atomic E-state index is 12.4. The van der Waals surface area contributed by atoms with Gasteiger partial charge in [-0.3, -0.25) is 14.3 Å². The second-order valence-electron chi connectivity index (χ2n) is 7.03.